The van der Waals surface area contributed by atoms with Crippen LogP contribution in [0.5, 0.6) is 0 Å². The highest BCUT2D eigenvalue weighted by Crippen LogP contribution is 2.39. The van der Waals surface area contributed by atoms with Gasteiger partial charge in [0.2, 0.25) is 0 Å². The number of benzene rings is 2. The lowest BCUT2D eigenvalue weighted by Gasteiger charge is -2.25. The molecule has 1 aliphatic heterocycles. The highest BCUT2D eigenvalue weighted by Gasteiger charge is 2.41. The number of carbonyl (C=O) groups excluding carboxylic acids is 1. The molecule has 1 fully saturated rings. The van der Waals surface area contributed by atoms with Crippen LogP contribution in [0.3, 0.4) is 0 Å². The van der Waals surface area contributed by atoms with Gasteiger partial charge in [0, 0.05) is 6.42 Å². The Kier molecular flexibility index (Phi) is 4.84. The minimum atomic E-state index is -0.833. The molecule has 2 aromatic carbocycles. The zero-order valence-electron chi connectivity index (χ0n) is 12.8. The molecule has 0 aliphatic carbocycles. The Morgan fingerprint density at radius 2 is 1.78 bits per heavy atom. The maximum absolute atomic E-state index is 11.7. The third kappa shape index (κ3) is 3.33. The molecular formula is C18H18ClNO3. The van der Waals surface area contributed by atoms with Gasteiger partial charge in [0.15, 0.2) is 5.38 Å². The van der Waals surface area contributed by atoms with Crippen molar-refractivity contribution in [2.45, 2.75) is 23.9 Å². The summed E-state index contributed by atoms with van der Waals surface area (Å²) in [6.45, 7) is 0. The highest BCUT2D eigenvalue weighted by atomic mass is 35.5. The fourth-order valence-corrected chi connectivity index (χ4v) is 3.02. The van der Waals surface area contributed by atoms with E-state index in [-0.39, 0.29) is 6.04 Å². The van der Waals surface area contributed by atoms with Crippen molar-refractivity contribution in [3.05, 3.63) is 66.2 Å². The molecule has 120 valence electrons. The van der Waals surface area contributed by atoms with Gasteiger partial charge in [-0.1, -0.05) is 48.5 Å². The summed E-state index contributed by atoms with van der Waals surface area (Å²) in [5.74, 6) is -0.474. The van der Waals surface area contributed by atoms with Crippen LogP contribution in [0.4, 0.5) is 5.69 Å². The van der Waals surface area contributed by atoms with Gasteiger partial charge >= 0.3 is 5.97 Å². The molecular weight excluding hydrogens is 314 g/mol. The number of ether oxygens (including phenoxy) is 1. The zero-order chi connectivity index (χ0) is 16.2. The predicted molar refractivity (Wildman–Crippen MR) is 89.3 cm³/mol. The average Bonchev–Trinajstić information content (AvgIpc) is 3.07. The van der Waals surface area contributed by atoms with Gasteiger partial charge in [-0.15, -0.1) is 11.6 Å². The Labute approximate surface area is 140 Å². The van der Waals surface area contributed by atoms with Gasteiger partial charge in [0.05, 0.1) is 18.8 Å². The normalized spacial score (nSPS) is 21.9. The number of hydroxylamine groups is 1. The standard InChI is InChI=1S/C18H18ClNO3/c1-22-18(21)17(19)16-12-15(13-8-4-2-5-9-13)20(23-16)14-10-6-3-7-11-14/h2-11,15-17H,12H2,1H3. The van der Waals surface area contributed by atoms with Crippen LogP contribution in [0.15, 0.2) is 60.7 Å². The van der Waals surface area contributed by atoms with Gasteiger partial charge in [-0.05, 0) is 17.7 Å². The molecule has 0 spiro atoms. The minimum absolute atomic E-state index is 0.00509. The first-order valence-corrected chi connectivity index (χ1v) is 7.92. The van der Waals surface area contributed by atoms with E-state index in [1.807, 2.05) is 65.7 Å². The van der Waals surface area contributed by atoms with Crippen LogP contribution in [-0.2, 0) is 14.4 Å². The number of hydrogen-bond donors (Lipinski definition) is 0. The predicted octanol–water partition coefficient (Wildman–Crippen LogP) is 3.72. The molecule has 3 atom stereocenters. The number of nitrogens with zero attached hydrogens (tertiary/aromatic N) is 1. The molecule has 1 heterocycles. The van der Waals surface area contributed by atoms with E-state index < -0.39 is 17.5 Å². The lowest BCUT2D eigenvalue weighted by molar-refractivity contribution is -0.142. The fraction of sp³-hybridized carbons (Fsp3) is 0.278. The molecule has 0 radical (unpaired) electrons. The van der Waals surface area contributed by atoms with Gasteiger partial charge in [-0.2, -0.15) is 0 Å². The largest absolute Gasteiger partial charge is 0.468 e. The van der Waals surface area contributed by atoms with Gasteiger partial charge in [0.1, 0.15) is 6.10 Å². The van der Waals surface area contributed by atoms with E-state index in [4.69, 9.17) is 21.2 Å². The number of para-hydroxylation sites is 1. The zero-order valence-corrected chi connectivity index (χ0v) is 13.5. The van der Waals surface area contributed by atoms with Crippen molar-refractivity contribution < 1.29 is 14.4 Å². The SMILES string of the molecule is COC(=O)C(Cl)C1CC(c2ccccc2)N(c2ccccc2)O1. The summed E-state index contributed by atoms with van der Waals surface area (Å²) in [4.78, 5) is 17.7. The number of esters is 1. The van der Waals surface area contributed by atoms with Crippen molar-refractivity contribution in [3.63, 3.8) is 0 Å². The summed E-state index contributed by atoms with van der Waals surface area (Å²) in [6.07, 6.45) is 0.178. The van der Waals surface area contributed by atoms with Crippen molar-refractivity contribution >= 4 is 23.3 Å². The van der Waals surface area contributed by atoms with Crippen LogP contribution >= 0.6 is 11.6 Å². The van der Waals surface area contributed by atoms with Gasteiger partial charge < -0.3 is 4.74 Å². The molecule has 23 heavy (non-hydrogen) atoms. The second-order valence-electron chi connectivity index (χ2n) is 5.39. The van der Waals surface area contributed by atoms with Crippen LogP contribution in [0, 0.1) is 0 Å². The summed E-state index contributed by atoms with van der Waals surface area (Å²) in [6, 6.07) is 19.8. The topological polar surface area (TPSA) is 38.8 Å². The summed E-state index contributed by atoms with van der Waals surface area (Å²) >= 11 is 6.22. The highest BCUT2D eigenvalue weighted by molar-refractivity contribution is 6.30. The Morgan fingerprint density at radius 3 is 2.39 bits per heavy atom. The average molecular weight is 332 g/mol. The molecule has 0 N–H and O–H groups in total. The third-order valence-electron chi connectivity index (χ3n) is 3.94. The molecule has 3 rings (SSSR count). The minimum Gasteiger partial charge on any atom is -0.468 e. The summed E-state index contributed by atoms with van der Waals surface area (Å²) in [5.41, 5.74) is 2.05. The first kappa shape index (κ1) is 15.8. The number of anilines is 1. The first-order chi connectivity index (χ1) is 11.2. The quantitative estimate of drug-likeness (QED) is 0.632. The van der Waals surface area contributed by atoms with E-state index in [0.717, 1.165) is 11.3 Å². The second-order valence-corrected chi connectivity index (χ2v) is 5.86. The number of alkyl halides is 1. The number of carbonyl (C=O) groups is 1. The van der Waals surface area contributed by atoms with E-state index >= 15 is 0 Å². The number of halogens is 1. The lowest BCUT2D eigenvalue weighted by atomic mass is 10.00. The number of hydrogen-bond acceptors (Lipinski definition) is 4. The van der Waals surface area contributed by atoms with E-state index in [2.05, 4.69) is 0 Å². The van der Waals surface area contributed by atoms with Crippen LogP contribution in [0.2, 0.25) is 0 Å². The smallest absolute Gasteiger partial charge is 0.326 e. The van der Waals surface area contributed by atoms with E-state index in [1.165, 1.54) is 7.11 Å². The Hall–Kier alpha value is -2.04. The van der Waals surface area contributed by atoms with Crippen molar-refractivity contribution in [1.29, 1.82) is 0 Å². The van der Waals surface area contributed by atoms with Crippen molar-refractivity contribution in [2.24, 2.45) is 0 Å². The Bertz CT molecular complexity index is 602. The lowest BCUT2D eigenvalue weighted by Crippen LogP contribution is -2.31. The fourth-order valence-electron chi connectivity index (χ4n) is 2.78. The molecule has 4 nitrogen and oxygen atoms in total. The molecule has 1 aliphatic rings. The molecule has 0 aromatic heterocycles. The summed E-state index contributed by atoms with van der Waals surface area (Å²) in [7, 11) is 1.33. The molecule has 2 aromatic rings. The van der Waals surface area contributed by atoms with Crippen LogP contribution < -0.4 is 5.06 Å². The van der Waals surface area contributed by atoms with E-state index in [1.54, 1.807) is 0 Å². The first-order valence-electron chi connectivity index (χ1n) is 7.48. The van der Waals surface area contributed by atoms with Crippen molar-refractivity contribution in [2.75, 3.05) is 12.2 Å². The molecule has 0 amide bonds. The monoisotopic (exact) mass is 331 g/mol. The second kappa shape index (κ2) is 7.02. The van der Waals surface area contributed by atoms with Crippen molar-refractivity contribution in [1.82, 2.24) is 0 Å². The van der Waals surface area contributed by atoms with Gasteiger partial charge in [0.25, 0.3) is 0 Å². The number of methoxy groups -OCH3 is 1. The molecule has 3 unspecified atom stereocenters. The molecule has 5 heteroatoms. The molecule has 0 saturated carbocycles. The van der Waals surface area contributed by atoms with Crippen LogP contribution in [0.25, 0.3) is 0 Å². The van der Waals surface area contributed by atoms with Gasteiger partial charge in [-0.25, -0.2) is 5.06 Å². The van der Waals surface area contributed by atoms with Crippen LogP contribution in [0.1, 0.15) is 18.0 Å². The van der Waals surface area contributed by atoms with Crippen molar-refractivity contribution in [3.8, 4) is 0 Å². The Morgan fingerprint density at radius 1 is 1.17 bits per heavy atom. The number of rotatable bonds is 4. The third-order valence-corrected chi connectivity index (χ3v) is 4.39. The molecule has 0 bridgehead atoms. The van der Waals surface area contributed by atoms with Crippen LogP contribution in [-0.4, -0.2) is 24.6 Å². The van der Waals surface area contributed by atoms with Gasteiger partial charge in [-0.3, -0.25) is 9.63 Å². The summed E-state index contributed by atoms with van der Waals surface area (Å²) in [5, 5.41) is 0.998. The maximum atomic E-state index is 11.7. The Balaban J connectivity index is 1.90. The van der Waals surface area contributed by atoms with E-state index in [9.17, 15) is 4.79 Å². The van der Waals surface area contributed by atoms with E-state index in [0.29, 0.717) is 6.42 Å². The molecule has 1 saturated heterocycles. The maximum Gasteiger partial charge on any atom is 0.326 e. The summed E-state index contributed by atoms with van der Waals surface area (Å²) < 4.78 is 4.74.